The van der Waals surface area contributed by atoms with E-state index in [0.29, 0.717) is 17.2 Å². The predicted octanol–water partition coefficient (Wildman–Crippen LogP) is 4.47. The van der Waals surface area contributed by atoms with Crippen LogP contribution in [0.1, 0.15) is 16.7 Å². The fourth-order valence-electron chi connectivity index (χ4n) is 2.48. The smallest absolute Gasteiger partial charge is 0.152 e. The highest BCUT2D eigenvalue weighted by atomic mass is 35.5. The first-order chi connectivity index (χ1) is 10.1. The van der Waals surface area contributed by atoms with Gasteiger partial charge in [0.15, 0.2) is 5.82 Å². The van der Waals surface area contributed by atoms with Gasteiger partial charge in [-0.3, -0.25) is 0 Å². The lowest BCUT2D eigenvalue weighted by Crippen LogP contribution is -2.06. The highest BCUT2D eigenvalue weighted by Gasteiger charge is 2.18. The Morgan fingerprint density at radius 2 is 2.10 bits per heavy atom. The van der Waals surface area contributed by atoms with Crippen molar-refractivity contribution in [3.63, 3.8) is 0 Å². The fourth-order valence-corrected chi connectivity index (χ4v) is 2.74. The van der Waals surface area contributed by atoms with E-state index in [2.05, 4.69) is 5.32 Å². The summed E-state index contributed by atoms with van der Waals surface area (Å²) in [7, 11) is 0. The van der Waals surface area contributed by atoms with Gasteiger partial charge in [-0.05, 0) is 36.2 Å². The van der Waals surface area contributed by atoms with Gasteiger partial charge in [0, 0.05) is 23.6 Å². The molecule has 1 aliphatic rings. The summed E-state index contributed by atoms with van der Waals surface area (Å²) < 4.78 is 33.3. The van der Waals surface area contributed by atoms with Crippen molar-refractivity contribution in [1.82, 2.24) is 0 Å². The average Bonchev–Trinajstić information content (AvgIpc) is 2.91. The van der Waals surface area contributed by atoms with E-state index in [1.807, 2.05) is 6.07 Å². The first kappa shape index (κ1) is 14.1. The van der Waals surface area contributed by atoms with Gasteiger partial charge < -0.3 is 10.1 Å². The van der Waals surface area contributed by atoms with Crippen LogP contribution in [0.15, 0.2) is 24.3 Å². The summed E-state index contributed by atoms with van der Waals surface area (Å²) in [5.74, 6) is -0.423. The number of anilines is 1. The van der Waals surface area contributed by atoms with Crippen molar-refractivity contribution in [3.8, 4) is 5.75 Å². The second-order valence-electron chi connectivity index (χ2n) is 5.06. The van der Waals surface area contributed by atoms with Gasteiger partial charge >= 0.3 is 0 Å². The Balaban J connectivity index is 1.88. The maximum Gasteiger partial charge on any atom is 0.152 e. The van der Waals surface area contributed by atoms with E-state index in [1.165, 1.54) is 12.1 Å². The molecule has 0 amide bonds. The average molecular weight is 310 g/mol. The van der Waals surface area contributed by atoms with Crippen molar-refractivity contribution >= 4 is 17.3 Å². The number of fused-ring (bicyclic) bond motifs is 1. The molecular weight excluding hydrogens is 296 g/mol. The van der Waals surface area contributed by atoms with Crippen LogP contribution in [0.2, 0.25) is 5.02 Å². The molecule has 0 atom stereocenters. The third-order valence-corrected chi connectivity index (χ3v) is 3.78. The molecule has 0 aromatic heterocycles. The monoisotopic (exact) mass is 309 g/mol. The molecule has 0 spiro atoms. The molecule has 0 radical (unpaired) electrons. The Labute approximate surface area is 126 Å². The first-order valence-corrected chi connectivity index (χ1v) is 7.06. The number of benzene rings is 2. The maximum absolute atomic E-state index is 14.0. The summed E-state index contributed by atoms with van der Waals surface area (Å²) in [6.45, 7) is 2.45. The molecule has 2 aromatic carbocycles. The van der Waals surface area contributed by atoms with Gasteiger partial charge in [0.2, 0.25) is 0 Å². The number of aryl methyl sites for hydroxylation is 1. The quantitative estimate of drug-likeness (QED) is 0.903. The summed E-state index contributed by atoms with van der Waals surface area (Å²) in [6.07, 6.45) is 0.802. The zero-order valence-corrected chi connectivity index (χ0v) is 12.2. The van der Waals surface area contributed by atoms with Crippen molar-refractivity contribution < 1.29 is 13.5 Å². The summed E-state index contributed by atoms with van der Waals surface area (Å²) in [5.41, 5.74) is 2.10. The van der Waals surface area contributed by atoms with Crippen LogP contribution in [-0.4, -0.2) is 6.61 Å². The topological polar surface area (TPSA) is 21.3 Å². The number of hydrogen-bond donors (Lipinski definition) is 1. The Hall–Kier alpha value is -1.81. The molecule has 0 unspecified atom stereocenters. The van der Waals surface area contributed by atoms with Crippen LogP contribution in [0, 0.1) is 18.6 Å². The Morgan fingerprint density at radius 1 is 1.29 bits per heavy atom. The molecule has 21 heavy (non-hydrogen) atoms. The lowest BCUT2D eigenvalue weighted by molar-refractivity contribution is 0.354. The van der Waals surface area contributed by atoms with Gasteiger partial charge in [0.25, 0.3) is 0 Å². The number of rotatable bonds is 3. The number of halogens is 3. The van der Waals surface area contributed by atoms with E-state index in [9.17, 15) is 8.78 Å². The van der Waals surface area contributed by atoms with Crippen LogP contribution in [0.5, 0.6) is 5.75 Å². The van der Waals surface area contributed by atoms with Crippen molar-refractivity contribution in [3.05, 3.63) is 57.6 Å². The summed E-state index contributed by atoms with van der Waals surface area (Å²) >= 11 is 6.07. The zero-order chi connectivity index (χ0) is 15.0. The molecule has 0 bridgehead atoms. The van der Waals surface area contributed by atoms with Gasteiger partial charge in [-0.1, -0.05) is 17.7 Å². The van der Waals surface area contributed by atoms with Crippen LogP contribution < -0.4 is 10.1 Å². The summed E-state index contributed by atoms with van der Waals surface area (Å²) in [5, 5.41) is 3.41. The van der Waals surface area contributed by atoms with Crippen LogP contribution >= 0.6 is 11.6 Å². The Kier molecular flexibility index (Phi) is 3.72. The lowest BCUT2D eigenvalue weighted by Gasteiger charge is -2.13. The molecule has 5 heteroatoms. The normalized spacial score (nSPS) is 13.0. The van der Waals surface area contributed by atoms with Gasteiger partial charge in [0.05, 0.1) is 6.61 Å². The van der Waals surface area contributed by atoms with Gasteiger partial charge in [-0.2, -0.15) is 0 Å². The number of ether oxygens (including phenoxy) is 1. The Bertz CT molecular complexity index is 703. The van der Waals surface area contributed by atoms with E-state index in [-0.39, 0.29) is 12.2 Å². The second-order valence-corrected chi connectivity index (χ2v) is 5.49. The standard InChI is InChI=1S/C16H14ClF2NO/c1-9-2-3-13(18)15(14(9)19)20-8-11-7-12(17)6-10-4-5-21-16(10)11/h2-3,6-7,20H,4-5,8H2,1H3. The first-order valence-electron chi connectivity index (χ1n) is 6.69. The van der Waals surface area contributed by atoms with Crippen molar-refractivity contribution in [2.75, 3.05) is 11.9 Å². The van der Waals surface area contributed by atoms with E-state index in [0.717, 1.165) is 23.3 Å². The molecule has 1 aliphatic heterocycles. The summed E-state index contributed by atoms with van der Waals surface area (Å²) in [6, 6.07) is 6.28. The highest BCUT2D eigenvalue weighted by Crippen LogP contribution is 2.33. The molecule has 1 heterocycles. The SMILES string of the molecule is Cc1ccc(F)c(NCc2cc(Cl)cc3c2OCC3)c1F. The third kappa shape index (κ3) is 2.68. The van der Waals surface area contributed by atoms with Crippen LogP contribution in [0.4, 0.5) is 14.5 Å². The van der Waals surface area contributed by atoms with Crippen molar-refractivity contribution in [1.29, 1.82) is 0 Å². The fraction of sp³-hybridized carbons (Fsp3) is 0.250. The maximum atomic E-state index is 14.0. The minimum Gasteiger partial charge on any atom is -0.493 e. The highest BCUT2D eigenvalue weighted by molar-refractivity contribution is 6.30. The molecule has 0 saturated heterocycles. The van der Waals surface area contributed by atoms with Crippen LogP contribution in [0.25, 0.3) is 0 Å². The second kappa shape index (κ2) is 5.53. The Morgan fingerprint density at radius 3 is 2.90 bits per heavy atom. The molecule has 3 rings (SSSR count). The third-order valence-electron chi connectivity index (χ3n) is 3.57. The van der Waals surface area contributed by atoms with E-state index < -0.39 is 11.6 Å². The zero-order valence-electron chi connectivity index (χ0n) is 11.5. The van der Waals surface area contributed by atoms with Crippen LogP contribution in [0.3, 0.4) is 0 Å². The number of hydrogen-bond acceptors (Lipinski definition) is 2. The molecule has 2 nitrogen and oxygen atoms in total. The molecule has 0 aliphatic carbocycles. The van der Waals surface area contributed by atoms with Gasteiger partial charge in [-0.25, -0.2) is 8.78 Å². The van der Waals surface area contributed by atoms with Gasteiger partial charge in [0.1, 0.15) is 17.3 Å². The largest absolute Gasteiger partial charge is 0.493 e. The molecule has 1 N–H and O–H groups in total. The molecular formula is C16H14ClF2NO. The number of nitrogens with one attached hydrogen (secondary N) is 1. The van der Waals surface area contributed by atoms with E-state index in [4.69, 9.17) is 16.3 Å². The lowest BCUT2D eigenvalue weighted by atomic mass is 10.1. The van der Waals surface area contributed by atoms with E-state index >= 15 is 0 Å². The molecule has 2 aromatic rings. The molecule has 0 fully saturated rings. The summed E-state index contributed by atoms with van der Waals surface area (Å²) in [4.78, 5) is 0. The van der Waals surface area contributed by atoms with Crippen LogP contribution in [-0.2, 0) is 13.0 Å². The predicted molar refractivity (Wildman–Crippen MR) is 79.1 cm³/mol. The molecule has 0 saturated carbocycles. The van der Waals surface area contributed by atoms with Crippen molar-refractivity contribution in [2.24, 2.45) is 0 Å². The van der Waals surface area contributed by atoms with Gasteiger partial charge in [-0.15, -0.1) is 0 Å². The minimum absolute atomic E-state index is 0.123. The van der Waals surface area contributed by atoms with Crippen molar-refractivity contribution in [2.45, 2.75) is 19.9 Å². The van der Waals surface area contributed by atoms with E-state index in [1.54, 1.807) is 13.0 Å². The minimum atomic E-state index is -0.613. The molecule has 110 valence electrons.